The van der Waals surface area contributed by atoms with Gasteiger partial charge in [0.05, 0.1) is 18.4 Å². The number of carbonyl (C=O) groups is 3. The lowest BCUT2D eigenvalue weighted by Gasteiger charge is -2.14. The molecule has 0 aromatic carbocycles. The maximum Gasteiger partial charge on any atom is 0.340 e. The first-order valence-corrected chi connectivity index (χ1v) is 8.70. The van der Waals surface area contributed by atoms with Crippen molar-refractivity contribution in [2.75, 3.05) is 0 Å². The van der Waals surface area contributed by atoms with Gasteiger partial charge in [-0.3, -0.25) is 10.1 Å². The normalized spacial score (nSPS) is 11.9. The van der Waals surface area contributed by atoms with E-state index in [1.807, 2.05) is 17.6 Å². The van der Waals surface area contributed by atoms with Crippen molar-refractivity contribution >= 4 is 17.9 Å². The lowest BCUT2D eigenvalue weighted by Crippen LogP contribution is -2.46. The van der Waals surface area contributed by atoms with Crippen molar-refractivity contribution in [2.24, 2.45) is 0 Å². The van der Waals surface area contributed by atoms with Crippen molar-refractivity contribution in [1.29, 1.82) is 0 Å². The quantitative estimate of drug-likeness (QED) is 0.755. The van der Waals surface area contributed by atoms with Gasteiger partial charge in [0.15, 0.2) is 6.10 Å². The van der Waals surface area contributed by atoms with Gasteiger partial charge in [0.2, 0.25) is 0 Å². The van der Waals surface area contributed by atoms with Crippen molar-refractivity contribution in [3.05, 3.63) is 47.2 Å². The van der Waals surface area contributed by atoms with E-state index in [0.717, 1.165) is 11.5 Å². The Kier molecular flexibility index (Phi) is 6.44. The Hall–Kier alpha value is -3.03. The Morgan fingerprint density at radius 3 is 2.52 bits per heavy atom. The van der Waals surface area contributed by atoms with Gasteiger partial charge in [-0.05, 0) is 52.8 Å². The maximum atomic E-state index is 12.5. The molecule has 0 spiro atoms. The zero-order valence-electron chi connectivity index (χ0n) is 16.2. The molecular weight excluding hydrogens is 350 g/mol. The topological polar surface area (TPSA) is 103 Å². The smallest absolute Gasteiger partial charge is 0.340 e. The number of aryl methyl sites for hydroxylation is 1. The van der Waals surface area contributed by atoms with Crippen LogP contribution in [0.25, 0.3) is 0 Å². The predicted molar refractivity (Wildman–Crippen MR) is 98.4 cm³/mol. The highest BCUT2D eigenvalue weighted by atomic mass is 16.5. The number of imide groups is 1. The van der Waals surface area contributed by atoms with Gasteiger partial charge in [-0.25, -0.2) is 9.59 Å². The third-order valence-electron chi connectivity index (χ3n) is 4.00. The number of hydrogen-bond acceptors (Lipinski definition) is 5. The molecule has 27 heavy (non-hydrogen) atoms. The van der Waals surface area contributed by atoms with Crippen LogP contribution in [0.4, 0.5) is 4.79 Å². The summed E-state index contributed by atoms with van der Waals surface area (Å²) in [5.74, 6) is -0.549. The summed E-state index contributed by atoms with van der Waals surface area (Å²) in [6.07, 6.45) is 0.484. The second kappa shape index (κ2) is 8.57. The third-order valence-corrected chi connectivity index (χ3v) is 4.00. The standard InChI is InChI=1S/C19H25N3O5/c1-11(2)20-19(25)21-17(23)14(5)27-18(24)16-9-12(3)22(13(16)4)10-15-7-6-8-26-15/h6-9,11,14H,10H2,1-5H3,(H2,20,21,23,25)/t14-/m1/s1. The van der Waals surface area contributed by atoms with Gasteiger partial charge in [0.1, 0.15) is 5.76 Å². The predicted octanol–water partition coefficient (Wildman–Crippen LogP) is 2.53. The number of ether oxygens (including phenoxy) is 1. The zero-order chi connectivity index (χ0) is 20.1. The van der Waals surface area contributed by atoms with Crippen molar-refractivity contribution in [1.82, 2.24) is 15.2 Å². The second-order valence-electron chi connectivity index (χ2n) is 6.62. The SMILES string of the molecule is Cc1cc(C(=O)O[C@H](C)C(=O)NC(=O)NC(C)C)c(C)n1Cc1ccco1. The highest BCUT2D eigenvalue weighted by molar-refractivity contribution is 5.98. The van der Waals surface area contributed by atoms with Crippen molar-refractivity contribution < 1.29 is 23.5 Å². The monoisotopic (exact) mass is 375 g/mol. The number of hydrogen-bond donors (Lipinski definition) is 2. The Labute approximate surface area is 157 Å². The Morgan fingerprint density at radius 2 is 1.93 bits per heavy atom. The minimum absolute atomic E-state index is 0.116. The first-order chi connectivity index (χ1) is 12.7. The Bertz CT molecular complexity index is 821. The van der Waals surface area contributed by atoms with Gasteiger partial charge < -0.3 is 19.0 Å². The van der Waals surface area contributed by atoms with E-state index >= 15 is 0 Å². The molecule has 0 aliphatic heterocycles. The molecule has 0 fully saturated rings. The summed E-state index contributed by atoms with van der Waals surface area (Å²) in [6.45, 7) is 9.12. The molecule has 0 aliphatic rings. The summed E-state index contributed by atoms with van der Waals surface area (Å²) in [4.78, 5) is 36.1. The fourth-order valence-corrected chi connectivity index (χ4v) is 2.60. The number of urea groups is 1. The summed E-state index contributed by atoms with van der Waals surface area (Å²) >= 11 is 0. The van der Waals surface area contributed by atoms with Crippen molar-refractivity contribution in [3.63, 3.8) is 0 Å². The van der Waals surface area contributed by atoms with Crippen LogP contribution in [0.15, 0.2) is 28.9 Å². The summed E-state index contributed by atoms with van der Waals surface area (Å²) < 4.78 is 12.5. The lowest BCUT2D eigenvalue weighted by atomic mass is 10.2. The number of furan rings is 1. The lowest BCUT2D eigenvalue weighted by molar-refractivity contribution is -0.127. The first-order valence-electron chi connectivity index (χ1n) is 8.70. The molecule has 0 saturated heterocycles. The molecule has 0 unspecified atom stereocenters. The molecule has 0 saturated carbocycles. The molecule has 0 radical (unpaired) electrons. The van der Waals surface area contributed by atoms with Gasteiger partial charge >= 0.3 is 12.0 Å². The molecule has 0 bridgehead atoms. The Morgan fingerprint density at radius 1 is 1.22 bits per heavy atom. The fraction of sp³-hybridized carbons (Fsp3) is 0.421. The molecular formula is C19H25N3O5. The average molecular weight is 375 g/mol. The van der Waals surface area contributed by atoms with Crippen LogP contribution in [0.2, 0.25) is 0 Å². The van der Waals surface area contributed by atoms with Crippen LogP contribution in [0.3, 0.4) is 0 Å². The second-order valence-corrected chi connectivity index (χ2v) is 6.62. The average Bonchev–Trinajstić information content (AvgIpc) is 3.17. The zero-order valence-corrected chi connectivity index (χ0v) is 16.2. The molecule has 2 heterocycles. The highest BCUT2D eigenvalue weighted by Gasteiger charge is 2.24. The number of esters is 1. The molecule has 2 aromatic heterocycles. The number of carbonyl (C=O) groups excluding carboxylic acids is 3. The molecule has 2 rings (SSSR count). The van der Waals surface area contributed by atoms with E-state index in [1.165, 1.54) is 6.92 Å². The van der Waals surface area contributed by atoms with E-state index in [1.54, 1.807) is 39.2 Å². The molecule has 8 nitrogen and oxygen atoms in total. The van der Waals surface area contributed by atoms with Crippen LogP contribution in [-0.2, 0) is 16.1 Å². The van der Waals surface area contributed by atoms with Crippen LogP contribution < -0.4 is 10.6 Å². The van der Waals surface area contributed by atoms with E-state index in [9.17, 15) is 14.4 Å². The van der Waals surface area contributed by atoms with Gasteiger partial charge in [-0.1, -0.05) is 0 Å². The molecule has 0 aliphatic carbocycles. The number of nitrogens with one attached hydrogen (secondary N) is 2. The molecule has 8 heteroatoms. The van der Waals surface area contributed by atoms with Gasteiger partial charge in [-0.2, -0.15) is 0 Å². The summed E-state index contributed by atoms with van der Waals surface area (Å²) in [5, 5.41) is 4.68. The van der Waals surface area contributed by atoms with Crippen molar-refractivity contribution in [2.45, 2.75) is 53.3 Å². The summed E-state index contributed by atoms with van der Waals surface area (Å²) in [5.41, 5.74) is 1.94. The van der Waals surface area contributed by atoms with E-state index in [0.29, 0.717) is 17.8 Å². The Balaban J connectivity index is 2.03. The van der Waals surface area contributed by atoms with Crippen LogP contribution in [0.5, 0.6) is 0 Å². The van der Waals surface area contributed by atoms with Gasteiger partial charge in [0.25, 0.3) is 5.91 Å². The van der Waals surface area contributed by atoms with E-state index in [4.69, 9.17) is 9.15 Å². The van der Waals surface area contributed by atoms with Crippen molar-refractivity contribution in [3.8, 4) is 0 Å². The molecule has 2 N–H and O–H groups in total. The number of aromatic nitrogens is 1. The van der Waals surface area contributed by atoms with Crippen LogP contribution in [0.1, 0.15) is 48.3 Å². The van der Waals surface area contributed by atoms with E-state index in [2.05, 4.69) is 10.6 Å². The molecule has 2 aromatic rings. The minimum Gasteiger partial charge on any atom is -0.467 e. The largest absolute Gasteiger partial charge is 0.467 e. The number of amides is 3. The fourth-order valence-electron chi connectivity index (χ4n) is 2.60. The number of rotatable bonds is 6. The van der Waals surface area contributed by atoms with E-state index in [-0.39, 0.29) is 6.04 Å². The van der Waals surface area contributed by atoms with Crippen LogP contribution >= 0.6 is 0 Å². The van der Waals surface area contributed by atoms with Crippen LogP contribution in [-0.4, -0.2) is 34.6 Å². The summed E-state index contributed by atoms with van der Waals surface area (Å²) in [6, 6.07) is 4.61. The highest BCUT2D eigenvalue weighted by Crippen LogP contribution is 2.19. The number of nitrogens with zero attached hydrogens (tertiary/aromatic N) is 1. The summed E-state index contributed by atoms with van der Waals surface area (Å²) in [7, 11) is 0. The minimum atomic E-state index is -1.11. The molecule has 1 atom stereocenters. The molecule has 146 valence electrons. The van der Waals surface area contributed by atoms with Crippen LogP contribution in [0, 0.1) is 13.8 Å². The maximum absolute atomic E-state index is 12.5. The van der Waals surface area contributed by atoms with Gasteiger partial charge in [0, 0.05) is 17.4 Å². The van der Waals surface area contributed by atoms with Gasteiger partial charge in [-0.15, -0.1) is 0 Å². The van der Waals surface area contributed by atoms with E-state index < -0.39 is 24.0 Å². The molecule has 3 amide bonds. The third kappa shape index (κ3) is 5.22. The first kappa shape index (κ1) is 20.3.